The predicted molar refractivity (Wildman–Crippen MR) is 69.3 cm³/mol. The van der Waals surface area contributed by atoms with Crippen LogP contribution in [0, 0.1) is 5.82 Å². The summed E-state index contributed by atoms with van der Waals surface area (Å²) in [7, 11) is 0. The molecule has 1 aromatic heterocycles. The highest BCUT2D eigenvalue weighted by Gasteiger charge is 2.15. The van der Waals surface area contributed by atoms with Crippen LogP contribution in [0.25, 0.3) is 11.0 Å². The molecule has 1 aromatic carbocycles. The van der Waals surface area contributed by atoms with Crippen molar-refractivity contribution in [1.82, 2.24) is 9.97 Å². The Balaban J connectivity index is 2.20. The normalized spacial score (nSPS) is 10.5. The summed E-state index contributed by atoms with van der Waals surface area (Å²) in [5, 5.41) is 0. The van der Waals surface area contributed by atoms with Crippen molar-refractivity contribution < 1.29 is 18.7 Å². The van der Waals surface area contributed by atoms with Crippen LogP contribution >= 0.6 is 15.9 Å². The van der Waals surface area contributed by atoms with E-state index in [9.17, 15) is 9.18 Å². The molecule has 0 saturated heterocycles. The minimum Gasteiger partial charge on any atom is -0.486 e. The zero-order valence-electron chi connectivity index (χ0n) is 10.0. The average molecular weight is 329 g/mol. The summed E-state index contributed by atoms with van der Waals surface area (Å²) in [5.74, 6) is -0.979. The summed E-state index contributed by atoms with van der Waals surface area (Å²) in [6.07, 6.45) is 2.89. The smallest absolute Gasteiger partial charge is 0.302 e. The maximum absolute atomic E-state index is 14.2. The molecule has 0 aliphatic carbocycles. The van der Waals surface area contributed by atoms with E-state index in [0.29, 0.717) is 9.99 Å². The number of benzene rings is 1. The van der Waals surface area contributed by atoms with Crippen LogP contribution in [-0.4, -0.2) is 29.2 Å². The van der Waals surface area contributed by atoms with Gasteiger partial charge in [0, 0.05) is 19.3 Å². The summed E-state index contributed by atoms with van der Waals surface area (Å²) in [6, 6.07) is 1.62. The number of hydrogen-bond donors (Lipinski definition) is 0. The number of nitrogens with zero attached hydrogens (tertiary/aromatic N) is 2. The van der Waals surface area contributed by atoms with Gasteiger partial charge >= 0.3 is 5.97 Å². The van der Waals surface area contributed by atoms with Gasteiger partial charge in [-0.3, -0.25) is 9.78 Å². The number of esters is 1. The molecule has 2 rings (SSSR count). The van der Waals surface area contributed by atoms with Gasteiger partial charge < -0.3 is 9.47 Å². The maximum atomic E-state index is 14.2. The highest BCUT2D eigenvalue weighted by atomic mass is 79.9. The summed E-state index contributed by atoms with van der Waals surface area (Å²) in [4.78, 5) is 18.5. The number of fused-ring (bicyclic) bond motifs is 1. The third kappa shape index (κ3) is 3.17. The molecule has 0 atom stereocenters. The number of rotatable bonds is 4. The van der Waals surface area contributed by atoms with Gasteiger partial charge in [-0.25, -0.2) is 9.37 Å². The summed E-state index contributed by atoms with van der Waals surface area (Å²) >= 11 is 3.21. The Morgan fingerprint density at radius 3 is 2.84 bits per heavy atom. The minimum absolute atomic E-state index is 0.0279. The number of carbonyl (C=O) groups excluding carboxylic acids is 1. The standard InChI is InChI=1S/C12H10BrFN2O3/c1-7(17)18-4-5-19-12-8(13)6-9-11(10(12)14)16-3-2-15-9/h2-3,6H,4-5H2,1H3. The van der Waals surface area contributed by atoms with Crippen molar-refractivity contribution in [1.29, 1.82) is 0 Å². The van der Waals surface area contributed by atoms with Gasteiger partial charge in [0.2, 0.25) is 0 Å². The third-order valence-corrected chi connectivity index (χ3v) is 2.84. The fourth-order valence-electron chi connectivity index (χ4n) is 1.48. The topological polar surface area (TPSA) is 61.3 Å². The van der Waals surface area contributed by atoms with Crippen molar-refractivity contribution >= 4 is 32.9 Å². The molecule has 0 radical (unpaired) electrons. The lowest BCUT2D eigenvalue weighted by Crippen LogP contribution is -2.10. The Kier molecular flexibility index (Phi) is 4.26. The van der Waals surface area contributed by atoms with Crippen molar-refractivity contribution in [3.8, 4) is 5.75 Å². The van der Waals surface area contributed by atoms with E-state index in [1.54, 1.807) is 6.07 Å². The van der Waals surface area contributed by atoms with Crippen LogP contribution in [0.1, 0.15) is 6.92 Å². The Morgan fingerprint density at radius 2 is 2.11 bits per heavy atom. The van der Waals surface area contributed by atoms with Crippen molar-refractivity contribution in [3.63, 3.8) is 0 Å². The molecule has 0 N–H and O–H groups in total. The van der Waals surface area contributed by atoms with Gasteiger partial charge in [-0.05, 0) is 22.0 Å². The summed E-state index contributed by atoms with van der Waals surface area (Å²) < 4.78 is 24.5. The largest absolute Gasteiger partial charge is 0.486 e. The molecule has 100 valence electrons. The van der Waals surface area contributed by atoms with E-state index in [4.69, 9.17) is 9.47 Å². The Labute approximate surface area is 116 Å². The lowest BCUT2D eigenvalue weighted by atomic mass is 10.2. The van der Waals surface area contributed by atoms with Crippen LogP contribution in [-0.2, 0) is 9.53 Å². The molecule has 0 unspecified atom stereocenters. The predicted octanol–water partition coefficient (Wildman–Crippen LogP) is 2.47. The van der Waals surface area contributed by atoms with Crippen LogP contribution < -0.4 is 4.74 Å². The number of carbonyl (C=O) groups is 1. The summed E-state index contributed by atoms with van der Waals surface area (Å²) in [6.45, 7) is 1.41. The van der Waals surface area contributed by atoms with E-state index >= 15 is 0 Å². The molecule has 0 fully saturated rings. The number of hydrogen-bond acceptors (Lipinski definition) is 5. The van der Waals surface area contributed by atoms with E-state index in [1.807, 2.05) is 0 Å². The molecule has 0 aliphatic rings. The Morgan fingerprint density at radius 1 is 1.37 bits per heavy atom. The molecule has 0 aliphatic heterocycles. The highest BCUT2D eigenvalue weighted by Crippen LogP contribution is 2.32. The molecular weight excluding hydrogens is 319 g/mol. The SMILES string of the molecule is CC(=O)OCCOc1c(Br)cc2nccnc2c1F. The molecule has 19 heavy (non-hydrogen) atoms. The first-order valence-corrected chi connectivity index (χ1v) is 6.23. The van der Waals surface area contributed by atoms with Crippen LogP contribution in [0.4, 0.5) is 4.39 Å². The van der Waals surface area contributed by atoms with E-state index in [2.05, 4.69) is 25.9 Å². The molecular formula is C12H10BrFN2O3. The van der Waals surface area contributed by atoms with Crippen molar-refractivity contribution in [2.45, 2.75) is 6.92 Å². The van der Waals surface area contributed by atoms with E-state index in [0.717, 1.165) is 0 Å². The van der Waals surface area contributed by atoms with E-state index < -0.39 is 11.8 Å². The number of halogens is 2. The van der Waals surface area contributed by atoms with E-state index in [-0.39, 0.29) is 24.5 Å². The fourth-order valence-corrected chi connectivity index (χ4v) is 1.99. The van der Waals surface area contributed by atoms with Crippen molar-refractivity contribution in [2.75, 3.05) is 13.2 Å². The molecule has 0 saturated carbocycles. The van der Waals surface area contributed by atoms with Crippen molar-refractivity contribution in [3.05, 3.63) is 28.7 Å². The molecule has 7 heteroatoms. The van der Waals surface area contributed by atoms with Gasteiger partial charge in [0.15, 0.2) is 11.6 Å². The maximum Gasteiger partial charge on any atom is 0.302 e. The first-order chi connectivity index (χ1) is 9.09. The highest BCUT2D eigenvalue weighted by molar-refractivity contribution is 9.10. The van der Waals surface area contributed by atoms with E-state index in [1.165, 1.54) is 19.3 Å². The van der Waals surface area contributed by atoms with Crippen LogP contribution in [0.15, 0.2) is 22.9 Å². The van der Waals surface area contributed by atoms with Gasteiger partial charge in [0.05, 0.1) is 9.99 Å². The minimum atomic E-state index is -0.597. The van der Waals surface area contributed by atoms with Gasteiger partial charge in [-0.15, -0.1) is 0 Å². The molecule has 1 heterocycles. The molecule has 0 amide bonds. The van der Waals surface area contributed by atoms with Crippen LogP contribution in [0.5, 0.6) is 5.75 Å². The van der Waals surface area contributed by atoms with Crippen LogP contribution in [0.2, 0.25) is 0 Å². The van der Waals surface area contributed by atoms with Crippen molar-refractivity contribution in [2.24, 2.45) is 0 Å². The summed E-state index contributed by atoms with van der Waals surface area (Å²) in [5.41, 5.74) is 0.562. The monoisotopic (exact) mass is 328 g/mol. The quantitative estimate of drug-likeness (QED) is 0.637. The average Bonchev–Trinajstić information content (AvgIpc) is 2.37. The van der Waals surface area contributed by atoms with Gasteiger partial charge in [-0.2, -0.15) is 0 Å². The zero-order valence-corrected chi connectivity index (χ0v) is 11.6. The van der Waals surface area contributed by atoms with Gasteiger partial charge in [-0.1, -0.05) is 0 Å². The number of aromatic nitrogens is 2. The lowest BCUT2D eigenvalue weighted by molar-refractivity contribution is -0.141. The molecule has 5 nitrogen and oxygen atoms in total. The number of ether oxygens (including phenoxy) is 2. The van der Waals surface area contributed by atoms with Gasteiger partial charge in [0.25, 0.3) is 0 Å². The first-order valence-electron chi connectivity index (χ1n) is 5.44. The second kappa shape index (κ2) is 5.92. The zero-order chi connectivity index (χ0) is 13.8. The lowest BCUT2D eigenvalue weighted by Gasteiger charge is -2.10. The Bertz CT molecular complexity index is 621. The van der Waals surface area contributed by atoms with Crippen LogP contribution in [0.3, 0.4) is 0 Å². The molecule has 0 spiro atoms. The second-order valence-corrected chi connectivity index (χ2v) is 4.47. The second-order valence-electron chi connectivity index (χ2n) is 3.61. The Hall–Kier alpha value is -1.76. The molecule has 2 aromatic rings. The first kappa shape index (κ1) is 13.7. The third-order valence-electron chi connectivity index (χ3n) is 2.25. The fraction of sp³-hybridized carbons (Fsp3) is 0.250. The van der Waals surface area contributed by atoms with Gasteiger partial charge in [0.1, 0.15) is 18.7 Å². The molecule has 0 bridgehead atoms.